The van der Waals surface area contributed by atoms with Crippen LogP contribution in [-0.2, 0) is 0 Å². The van der Waals surface area contributed by atoms with Crippen LogP contribution in [0.4, 0.5) is 0 Å². The zero-order chi connectivity index (χ0) is 12.9. The predicted octanol–water partition coefficient (Wildman–Crippen LogP) is 1.11. The zero-order valence-electron chi connectivity index (χ0n) is 11.2. The van der Waals surface area contributed by atoms with Gasteiger partial charge in [0.15, 0.2) is 0 Å². The van der Waals surface area contributed by atoms with Gasteiger partial charge in [-0.1, -0.05) is 0 Å². The van der Waals surface area contributed by atoms with Crippen LogP contribution in [0.25, 0.3) is 0 Å². The second-order valence-electron chi connectivity index (χ2n) is 4.47. The van der Waals surface area contributed by atoms with Crippen molar-refractivity contribution in [2.24, 2.45) is 0 Å². The number of hydrogen-bond acceptors (Lipinski definition) is 0. The first kappa shape index (κ1) is 14.8. The van der Waals surface area contributed by atoms with E-state index in [4.69, 9.17) is 0 Å². The molecule has 0 aliphatic carbocycles. The van der Waals surface area contributed by atoms with Crippen molar-refractivity contribution in [3.05, 3.63) is 91.0 Å². The third-order valence-corrected chi connectivity index (χ3v) is 11.0. The van der Waals surface area contributed by atoms with Gasteiger partial charge >= 0.3 is 122 Å². The summed E-state index contributed by atoms with van der Waals surface area (Å²) in [4.78, 5) is 0. The van der Waals surface area contributed by atoms with Gasteiger partial charge < -0.3 is 5.48 Å². The normalized spacial score (nSPS) is 10.1. The first-order valence-electron chi connectivity index (χ1n) is 6.48. The van der Waals surface area contributed by atoms with Gasteiger partial charge in [-0.3, -0.25) is 0 Å². The molecule has 0 aromatic heterocycles. The standard InChI is InChI=1S/3C6H5.H2O.Sb.H/c3*1-2-4-6-5-3-1;;;/h3*1-5H;1H2;;. The second-order valence-corrected chi connectivity index (χ2v) is 11.6. The molecule has 3 rings (SSSR count). The van der Waals surface area contributed by atoms with Crippen LogP contribution in [0.15, 0.2) is 91.0 Å². The zero-order valence-corrected chi connectivity index (χ0v) is 14.0. The molecule has 0 fully saturated rings. The summed E-state index contributed by atoms with van der Waals surface area (Å²) in [5, 5.41) is 0. The van der Waals surface area contributed by atoms with Crippen LogP contribution in [0.3, 0.4) is 0 Å². The molecule has 101 valence electrons. The van der Waals surface area contributed by atoms with Crippen LogP contribution in [0.2, 0.25) is 0 Å². The summed E-state index contributed by atoms with van der Waals surface area (Å²) in [6, 6.07) is 32.9. The Labute approximate surface area is 127 Å². The molecule has 3 aromatic carbocycles. The molecule has 0 heterocycles. The SMILES string of the molecule is O.c1cc[c]([SbH]([c]2ccccc2)[c]2ccccc2)cc1. The van der Waals surface area contributed by atoms with Crippen LogP contribution >= 0.6 is 0 Å². The Bertz CT molecular complexity index is 529. The Balaban J connectivity index is 0.00000147. The van der Waals surface area contributed by atoms with E-state index in [2.05, 4.69) is 91.0 Å². The molecular weight excluding hydrogens is 354 g/mol. The summed E-state index contributed by atoms with van der Waals surface area (Å²) >= 11 is -1.98. The molecule has 1 nitrogen and oxygen atoms in total. The molecule has 0 atom stereocenters. The van der Waals surface area contributed by atoms with Gasteiger partial charge in [0.25, 0.3) is 0 Å². The van der Waals surface area contributed by atoms with Crippen molar-refractivity contribution in [3.8, 4) is 0 Å². The maximum absolute atomic E-state index is 2.29. The first-order chi connectivity index (χ1) is 9.45. The molecule has 2 N–H and O–H groups in total. The van der Waals surface area contributed by atoms with Crippen LogP contribution in [-0.4, -0.2) is 25.7 Å². The fraction of sp³-hybridized carbons (Fsp3) is 0. The summed E-state index contributed by atoms with van der Waals surface area (Å²) in [5.41, 5.74) is 0. The summed E-state index contributed by atoms with van der Waals surface area (Å²) < 4.78 is 4.59. The van der Waals surface area contributed by atoms with Gasteiger partial charge in [0.05, 0.1) is 0 Å². The average Bonchev–Trinajstić information content (AvgIpc) is 2.51. The van der Waals surface area contributed by atoms with E-state index in [0.29, 0.717) is 0 Å². The first-order valence-corrected chi connectivity index (χ1v) is 10.8. The van der Waals surface area contributed by atoms with Gasteiger partial charge in [-0.25, -0.2) is 0 Å². The van der Waals surface area contributed by atoms with Crippen molar-refractivity contribution < 1.29 is 5.48 Å². The van der Waals surface area contributed by atoms with Gasteiger partial charge in [-0.05, 0) is 0 Å². The van der Waals surface area contributed by atoms with E-state index in [9.17, 15) is 0 Å². The molecule has 0 aliphatic heterocycles. The third kappa shape index (κ3) is 3.30. The van der Waals surface area contributed by atoms with E-state index < -0.39 is 20.2 Å². The van der Waals surface area contributed by atoms with Crippen LogP contribution in [0.1, 0.15) is 0 Å². The van der Waals surface area contributed by atoms with Gasteiger partial charge in [0.2, 0.25) is 0 Å². The van der Waals surface area contributed by atoms with Crippen molar-refractivity contribution in [2.75, 3.05) is 0 Å². The Hall–Kier alpha value is -1.56. The Kier molecular flexibility index (Phi) is 5.40. The molecule has 0 aliphatic rings. The van der Waals surface area contributed by atoms with Gasteiger partial charge in [0.1, 0.15) is 0 Å². The quantitative estimate of drug-likeness (QED) is 0.618. The molecule has 3 aromatic rings. The summed E-state index contributed by atoms with van der Waals surface area (Å²) in [5.74, 6) is 0. The van der Waals surface area contributed by atoms with E-state index >= 15 is 0 Å². The molecule has 0 amide bonds. The summed E-state index contributed by atoms with van der Waals surface area (Å²) in [7, 11) is 0. The van der Waals surface area contributed by atoms with Crippen LogP contribution in [0.5, 0.6) is 0 Å². The summed E-state index contributed by atoms with van der Waals surface area (Å²) in [6.45, 7) is 0. The fourth-order valence-corrected chi connectivity index (χ4v) is 9.67. The number of benzene rings is 3. The predicted molar refractivity (Wildman–Crippen MR) is 89.0 cm³/mol. The minimum absolute atomic E-state index is 0. The molecule has 1 radical (unpaired) electrons. The van der Waals surface area contributed by atoms with E-state index in [1.807, 2.05) is 0 Å². The van der Waals surface area contributed by atoms with Crippen LogP contribution < -0.4 is 10.5 Å². The molecule has 20 heavy (non-hydrogen) atoms. The molecule has 0 saturated carbocycles. The van der Waals surface area contributed by atoms with E-state index in [1.54, 1.807) is 0 Å². The molecule has 0 spiro atoms. The molecule has 0 bridgehead atoms. The van der Waals surface area contributed by atoms with Crippen molar-refractivity contribution in [3.63, 3.8) is 0 Å². The Morgan fingerprint density at radius 1 is 0.400 bits per heavy atom. The second kappa shape index (κ2) is 7.28. The topological polar surface area (TPSA) is 31.5 Å². The Morgan fingerprint density at radius 2 is 0.650 bits per heavy atom. The summed E-state index contributed by atoms with van der Waals surface area (Å²) in [6.07, 6.45) is 0. The van der Waals surface area contributed by atoms with E-state index in [-0.39, 0.29) is 5.48 Å². The number of rotatable bonds is 3. The van der Waals surface area contributed by atoms with Crippen molar-refractivity contribution in [2.45, 2.75) is 0 Å². The fourth-order valence-electron chi connectivity index (χ4n) is 2.31. The molecule has 0 saturated heterocycles. The average molecular weight is 372 g/mol. The van der Waals surface area contributed by atoms with Crippen LogP contribution in [0, 0.1) is 0 Å². The van der Waals surface area contributed by atoms with Gasteiger partial charge in [-0.2, -0.15) is 0 Å². The van der Waals surface area contributed by atoms with Crippen molar-refractivity contribution in [1.82, 2.24) is 0 Å². The monoisotopic (exact) mass is 371 g/mol. The third-order valence-electron chi connectivity index (χ3n) is 3.19. The minimum atomic E-state index is -1.98. The molecule has 0 unspecified atom stereocenters. The maximum atomic E-state index is 2.29. The molecular formula is C18H18OSb. The van der Waals surface area contributed by atoms with E-state index in [1.165, 1.54) is 10.5 Å². The van der Waals surface area contributed by atoms with Gasteiger partial charge in [-0.15, -0.1) is 0 Å². The number of hydrogen-bond donors (Lipinski definition) is 0. The van der Waals surface area contributed by atoms with Crippen molar-refractivity contribution >= 4 is 30.7 Å². The van der Waals surface area contributed by atoms with E-state index in [0.717, 1.165) is 0 Å². The molecule has 2 heteroatoms. The van der Waals surface area contributed by atoms with Gasteiger partial charge in [0, 0.05) is 0 Å². The van der Waals surface area contributed by atoms with Crippen molar-refractivity contribution in [1.29, 1.82) is 0 Å². The Morgan fingerprint density at radius 3 is 0.900 bits per heavy atom.